The van der Waals surface area contributed by atoms with E-state index in [1.165, 1.54) is 16.7 Å². The van der Waals surface area contributed by atoms with Gasteiger partial charge in [0.05, 0.1) is 0 Å². The molecule has 1 amide bonds. The standard InChI is InChI=1S/C11H17NO5S2/c1-2-19(16,17)8-7-18-6-5-12(8)9(13)11(3-4-11)10(14)15/h8H,2-7H2,1H3,(H,14,15). The molecule has 0 radical (unpaired) electrons. The number of thioether (sulfide) groups is 1. The highest BCUT2D eigenvalue weighted by Gasteiger charge is 2.60. The summed E-state index contributed by atoms with van der Waals surface area (Å²) in [4.78, 5) is 24.8. The van der Waals surface area contributed by atoms with Crippen molar-refractivity contribution in [3.8, 4) is 0 Å². The maximum absolute atomic E-state index is 12.4. The third-order valence-electron chi connectivity index (χ3n) is 3.73. The average molecular weight is 307 g/mol. The van der Waals surface area contributed by atoms with E-state index in [2.05, 4.69) is 0 Å². The Morgan fingerprint density at radius 1 is 1.42 bits per heavy atom. The molecule has 6 nitrogen and oxygen atoms in total. The van der Waals surface area contributed by atoms with Gasteiger partial charge in [-0.3, -0.25) is 9.59 Å². The molecule has 0 aromatic rings. The number of carboxylic acids is 1. The van der Waals surface area contributed by atoms with Crippen LogP contribution in [-0.2, 0) is 19.4 Å². The molecule has 2 aliphatic rings. The molecule has 1 saturated carbocycles. The van der Waals surface area contributed by atoms with Crippen LogP contribution in [0, 0.1) is 5.41 Å². The van der Waals surface area contributed by atoms with Crippen LogP contribution in [0.4, 0.5) is 0 Å². The van der Waals surface area contributed by atoms with Crippen LogP contribution in [0.15, 0.2) is 0 Å². The zero-order chi connectivity index (χ0) is 14.3. The van der Waals surface area contributed by atoms with Gasteiger partial charge >= 0.3 is 5.97 Å². The molecule has 108 valence electrons. The average Bonchev–Trinajstić information content (AvgIpc) is 3.19. The van der Waals surface area contributed by atoms with Crippen molar-refractivity contribution in [3.05, 3.63) is 0 Å². The molecule has 0 aromatic carbocycles. The molecule has 1 aliphatic carbocycles. The van der Waals surface area contributed by atoms with Crippen LogP contribution in [0.1, 0.15) is 19.8 Å². The summed E-state index contributed by atoms with van der Waals surface area (Å²) in [5, 5.41) is 8.27. The minimum absolute atomic E-state index is 0.0396. The van der Waals surface area contributed by atoms with E-state index in [9.17, 15) is 18.0 Å². The fourth-order valence-corrected chi connectivity index (χ4v) is 5.19. The molecule has 2 fully saturated rings. The van der Waals surface area contributed by atoms with Crippen molar-refractivity contribution in [1.82, 2.24) is 4.90 Å². The number of carboxylic acid groups (broad SMARTS) is 1. The van der Waals surface area contributed by atoms with Crippen molar-refractivity contribution in [3.63, 3.8) is 0 Å². The Balaban J connectivity index is 2.26. The fraction of sp³-hybridized carbons (Fsp3) is 0.818. The Morgan fingerprint density at radius 2 is 2.05 bits per heavy atom. The molecule has 1 saturated heterocycles. The summed E-state index contributed by atoms with van der Waals surface area (Å²) in [5.74, 6) is -0.720. The second kappa shape index (κ2) is 4.97. The summed E-state index contributed by atoms with van der Waals surface area (Å²) in [7, 11) is -3.38. The lowest BCUT2D eigenvalue weighted by Gasteiger charge is -2.36. The minimum Gasteiger partial charge on any atom is -0.480 e. The Labute approximate surface area is 116 Å². The third-order valence-corrected chi connectivity index (χ3v) is 7.02. The first-order valence-corrected chi connectivity index (χ1v) is 9.06. The van der Waals surface area contributed by atoms with Crippen molar-refractivity contribution in [2.45, 2.75) is 25.1 Å². The zero-order valence-corrected chi connectivity index (χ0v) is 12.3. The first kappa shape index (κ1) is 14.6. The summed E-state index contributed by atoms with van der Waals surface area (Å²) < 4.78 is 24.1. The SMILES string of the molecule is CCS(=O)(=O)C1CSCCN1C(=O)C1(C(=O)O)CC1. The molecule has 1 aliphatic heterocycles. The molecule has 1 unspecified atom stereocenters. The van der Waals surface area contributed by atoms with Gasteiger partial charge in [-0.2, -0.15) is 11.8 Å². The first-order chi connectivity index (χ1) is 8.85. The second-order valence-electron chi connectivity index (χ2n) is 4.87. The lowest BCUT2D eigenvalue weighted by molar-refractivity contribution is -0.153. The Kier molecular flexibility index (Phi) is 3.83. The molecule has 8 heteroatoms. The molecule has 1 heterocycles. The van der Waals surface area contributed by atoms with E-state index < -0.39 is 32.5 Å². The van der Waals surface area contributed by atoms with E-state index in [1.54, 1.807) is 6.92 Å². The summed E-state index contributed by atoms with van der Waals surface area (Å²) in [6, 6.07) is 0. The number of sulfone groups is 1. The fourth-order valence-electron chi connectivity index (χ4n) is 2.22. The second-order valence-corrected chi connectivity index (χ2v) is 8.46. The molecule has 0 bridgehead atoms. The molecule has 0 spiro atoms. The van der Waals surface area contributed by atoms with Crippen LogP contribution in [0.25, 0.3) is 0 Å². The number of carbonyl (C=O) groups excluding carboxylic acids is 1. The number of rotatable bonds is 4. The lowest BCUT2D eigenvalue weighted by Crippen LogP contribution is -2.54. The molecular formula is C11H17NO5S2. The number of amides is 1. The van der Waals surface area contributed by atoms with Crippen LogP contribution < -0.4 is 0 Å². The van der Waals surface area contributed by atoms with Crippen molar-refractivity contribution in [2.24, 2.45) is 5.41 Å². The van der Waals surface area contributed by atoms with Gasteiger partial charge in [-0.05, 0) is 12.8 Å². The predicted molar refractivity (Wildman–Crippen MR) is 71.6 cm³/mol. The van der Waals surface area contributed by atoms with Gasteiger partial charge in [-0.25, -0.2) is 8.42 Å². The summed E-state index contributed by atoms with van der Waals surface area (Å²) in [5.41, 5.74) is -1.36. The van der Waals surface area contributed by atoms with E-state index in [0.29, 0.717) is 30.9 Å². The number of hydrogen-bond donors (Lipinski definition) is 1. The van der Waals surface area contributed by atoms with E-state index in [4.69, 9.17) is 5.11 Å². The van der Waals surface area contributed by atoms with Gasteiger partial charge in [-0.15, -0.1) is 0 Å². The molecular weight excluding hydrogens is 290 g/mol. The van der Waals surface area contributed by atoms with E-state index >= 15 is 0 Å². The lowest BCUT2D eigenvalue weighted by atomic mass is 10.1. The minimum atomic E-state index is -3.38. The topological polar surface area (TPSA) is 91.8 Å². The quantitative estimate of drug-likeness (QED) is 0.745. The van der Waals surface area contributed by atoms with Gasteiger partial charge in [0.25, 0.3) is 0 Å². The van der Waals surface area contributed by atoms with Crippen LogP contribution in [0.5, 0.6) is 0 Å². The Bertz CT molecular complexity index is 497. The Hall–Kier alpha value is -0.760. The zero-order valence-electron chi connectivity index (χ0n) is 10.7. The van der Waals surface area contributed by atoms with E-state index in [-0.39, 0.29) is 5.75 Å². The van der Waals surface area contributed by atoms with Crippen molar-refractivity contribution in [2.75, 3.05) is 23.8 Å². The van der Waals surface area contributed by atoms with Gasteiger partial charge in [0.2, 0.25) is 5.91 Å². The highest BCUT2D eigenvalue weighted by molar-refractivity contribution is 8.01. The van der Waals surface area contributed by atoms with Crippen LogP contribution >= 0.6 is 11.8 Å². The number of carbonyl (C=O) groups is 2. The third kappa shape index (κ3) is 2.47. The smallest absolute Gasteiger partial charge is 0.319 e. The highest BCUT2D eigenvalue weighted by atomic mass is 32.2. The van der Waals surface area contributed by atoms with Gasteiger partial charge in [0.15, 0.2) is 9.84 Å². The summed E-state index contributed by atoms with van der Waals surface area (Å²) >= 11 is 1.49. The number of nitrogens with zero attached hydrogens (tertiary/aromatic N) is 1. The van der Waals surface area contributed by atoms with Gasteiger partial charge in [-0.1, -0.05) is 6.92 Å². The van der Waals surface area contributed by atoms with Crippen molar-refractivity contribution < 1.29 is 23.1 Å². The van der Waals surface area contributed by atoms with Crippen LogP contribution in [-0.4, -0.2) is 59.5 Å². The van der Waals surface area contributed by atoms with Gasteiger partial charge < -0.3 is 10.0 Å². The molecule has 2 rings (SSSR count). The van der Waals surface area contributed by atoms with Crippen molar-refractivity contribution >= 4 is 33.5 Å². The van der Waals surface area contributed by atoms with E-state index in [0.717, 1.165) is 0 Å². The molecule has 1 N–H and O–H groups in total. The summed E-state index contributed by atoms with van der Waals surface area (Å²) in [6.45, 7) is 1.85. The van der Waals surface area contributed by atoms with Crippen LogP contribution in [0.2, 0.25) is 0 Å². The molecule has 19 heavy (non-hydrogen) atoms. The van der Waals surface area contributed by atoms with Crippen molar-refractivity contribution in [1.29, 1.82) is 0 Å². The van der Waals surface area contributed by atoms with Gasteiger partial charge in [0.1, 0.15) is 10.8 Å². The molecule has 1 atom stereocenters. The predicted octanol–water partition coefficient (Wildman–Crippen LogP) is 0.187. The first-order valence-electron chi connectivity index (χ1n) is 6.19. The Morgan fingerprint density at radius 3 is 2.53 bits per heavy atom. The largest absolute Gasteiger partial charge is 0.480 e. The van der Waals surface area contributed by atoms with E-state index in [1.807, 2.05) is 0 Å². The monoisotopic (exact) mass is 307 g/mol. The molecule has 0 aromatic heterocycles. The number of aliphatic carboxylic acids is 1. The van der Waals surface area contributed by atoms with Crippen LogP contribution in [0.3, 0.4) is 0 Å². The maximum atomic E-state index is 12.4. The summed E-state index contributed by atoms with van der Waals surface area (Å²) in [6.07, 6.45) is 0.618. The maximum Gasteiger partial charge on any atom is 0.319 e. The highest BCUT2D eigenvalue weighted by Crippen LogP contribution is 2.48. The normalized spacial score (nSPS) is 25.9. The van der Waals surface area contributed by atoms with Gasteiger partial charge in [0, 0.05) is 23.8 Å². The number of hydrogen-bond acceptors (Lipinski definition) is 5.